The highest BCUT2D eigenvalue weighted by Crippen LogP contribution is 2.32. The van der Waals surface area contributed by atoms with E-state index in [2.05, 4.69) is 4.99 Å². The molecule has 0 saturated carbocycles. The van der Waals surface area contributed by atoms with Gasteiger partial charge in [0.05, 0.1) is 0 Å². The van der Waals surface area contributed by atoms with Crippen LogP contribution in [0.25, 0.3) is 0 Å². The van der Waals surface area contributed by atoms with Gasteiger partial charge in [-0.05, 0) is 31.3 Å². The van der Waals surface area contributed by atoms with E-state index in [1.165, 1.54) is 6.92 Å². The molecule has 0 aromatic carbocycles. The fourth-order valence-electron chi connectivity index (χ4n) is 2.01. The SMILES string of the molecule is CC(=O)C1=CCC(C(=O)N=C(N)N)=C1CC(C)C. The van der Waals surface area contributed by atoms with Crippen LogP contribution < -0.4 is 11.5 Å². The fourth-order valence-corrected chi connectivity index (χ4v) is 2.01. The third-order valence-electron chi connectivity index (χ3n) is 2.68. The van der Waals surface area contributed by atoms with Crippen LogP contribution in [0.3, 0.4) is 0 Å². The van der Waals surface area contributed by atoms with Gasteiger partial charge >= 0.3 is 0 Å². The minimum Gasteiger partial charge on any atom is -0.370 e. The van der Waals surface area contributed by atoms with Gasteiger partial charge in [-0.15, -0.1) is 0 Å². The molecule has 0 heterocycles. The van der Waals surface area contributed by atoms with Gasteiger partial charge in [-0.25, -0.2) is 0 Å². The number of rotatable bonds is 4. The van der Waals surface area contributed by atoms with E-state index in [4.69, 9.17) is 11.5 Å². The molecule has 0 fully saturated rings. The van der Waals surface area contributed by atoms with Gasteiger partial charge in [0.15, 0.2) is 11.7 Å². The Bertz CT molecular complexity index is 467. The van der Waals surface area contributed by atoms with Crippen LogP contribution in [0.1, 0.15) is 33.6 Å². The molecule has 0 radical (unpaired) electrons. The summed E-state index contributed by atoms with van der Waals surface area (Å²) in [5.74, 6) is -0.383. The van der Waals surface area contributed by atoms with Crippen LogP contribution in [-0.2, 0) is 9.59 Å². The van der Waals surface area contributed by atoms with Crippen molar-refractivity contribution < 1.29 is 9.59 Å². The molecule has 0 bridgehead atoms. The normalized spacial score (nSPS) is 14.8. The van der Waals surface area contributed by atoms with E-state index < -0.39 is 5.91 Å². The predicted molar refractivity (Wildman–Crippen MR) is 70.7 cm³/mol. The summed E-state index contributed by atoms with van der Waals surface area (Å²) in [5.41, 5.74) is 12.3. The Labute approximate surface area is 107 Å². The molecule has 1 aliphatic carbocycles. The van der Waals surface area contributed by atoms with Crippen molar-refractivity contribution in [1.82, 2.24) is 0 Å². The molecule has 0 spiro atoms. The summed E-state index contributed by atoms with van der Waals surface area (Å²) in [6, 6.07) is 0. The summed E-state index contributed by atoms with van der Waals surface area (Å²) < 4.78 is 0. The highest BCUT2D eigenvalue weighted by Gasteiger charge is 2.25. The number of amides is 1. The Morgan fingerprint density at radius 2 is 2.00 bits per heavy atom. The van der Waals surface area contributed by atoms with E-state index in [1.807, 2.05) is 13.8 Å². The lowest BCUT2D eigenvalue weighted by atomic mass is 9.94. The molecule has 0 atom stereocenters. The molecule has 5 nitrogen and oxygen atoms in total. The van der Waals surface area contributed by atoms with Crippen LogP contribution in [0.4, 0.5) is 0 Å². The summed E-state index contributed by atoms with van der Waals surface area (Å²) in [4.78, 5) is 26.9. The quantitative estimate of drug-likeness (QED) is 0.574. The number of ketones is 1. The zero-order chi connectivity index (χ0) is 13.9. The monoisotopic (exact) mass is 249 g/mol. The van der Waals surface area contributed by atoms with Crippen LogP contribution >= 0.6 is 0 Å². The van der Waals surface area contributed by atoms with Gasteiger partial charge < -0.3 is 11.5 Å². The van der Waals surface area contributed by atoms with Crippen molar-refractivity contribution in [3.63, 3.8) is 0 Å². The zero-order valence-corrected chi connectivity index (χ0v) is 11.0. The van der Waals surface area contributed by atoms with Crippen molar-refractivity contribution in [2.24, 2.45) is 22.4 Å². The Kier molecular flexibility index (Phi) is 4.42. The molecule has 0 aromatic heterocycles. The first-order valence-corrected chi connectivity index (χ1v) is 5.90. The molecule has 0 aliphatic heterocycles. The molecular formula is C13H19N3O2. The molecule has 98 valence electrons. The van der Waals surface area contributed by atoms with Gasteiger partial charge in [-0.2, -0.15) is 4.99 Å². The molecule has 18 heavy (non-hydrogen) atoms. The molecule has 0 aromatic rings. The third-order valence-corrected chi connectivity index (χ3v) is 2.68. The number of hydrogen-bond donors (Lipinski definition) is 2. The van der Waals surface area contributed by atoms with Gasteiger partial charge in [-0.3, -0.25) is 9.59 Å². The molecule has 1 amide bonds. The number of hydrogen-bond acceptors (Lipinski definition) is 2. The first kappa shape index (κ1) is 14.2. The summed E-state index contributed by atoms with van der Waals surface area (Å²) >= 11 is 0. The van der Waals surface area contributed by atoms with E-state index in [0.717, 1.165) is 5.57 Å². The van der Waals surface area contributed by atoms with Crippen molar-refractivity contribution in [2.45, 2.75) is 33.6 Å². The van der Waals surface area contributed by atoms with Gasteiger partial charge in [0.25, 0.3) is 5.91 Å². The molecule has 0 saturated heterocycles. The zero-order valence-electron chi connectivity index (χ0n) is 11.0. The van der Waals surface area contributed by atoms with Crippen LogP contribution in [-0.4, -0.2) is 17.6 Å². The molecule has 1 rings (SSSR count). The molecule has 0 unspecified atom stereocenters. The molecule has 1 aliphatic rings. The number of carbonyl (C=O) groups is 2. The predicted octanol–water partition coefficient (Wildman–Crippen LogP) is 1.05. The Balaban J connectivity index is 3.13. The van der Waals surface area contributed by atoms with E-state index in [1.54, 1.807) is 6.08 Å². The van der Waals surface area contributed by atoms with Crippen LogP contribution in [0.2, 0.25) is 0 Å². The van der Waals surface area contributed by atoms with Crippen molar-refractivity contribution in [1.29, 1.82) is 0 Å². The average Bonchev–Trinajstić information content (AvgIpc) is 2.59. The van der Waals surface area contributed by atoms with E-state index in [0.29, 0.717) is 29.9 Å². The maximum absolute atomic E-state index is 11.9. The van der Waals surface area contributed by atoms with E-state index >= 15 is 0 Å². The summed E-state index contributed by atoms with van der Waals surface area (Å²) in [6.07, 6.45) is 2.87. The first-order valence-electron chi connectivity index (χ1n) is 5.90. The molecule has 4 N–H and O–H groups in total. The van der Waals surface area contributed by atoms with Gasteiger partial charge in [0.1, 0.15) is 0 Å². The summed E-state index contributed by atoms with van der Waals surface area (Å²) in [6.45, 7) is 5.57. The highest BCUT2D eigenvalue weighted by molar-refractivity contribution is 6.07. The van der Waals surface area contributed by atoms with Crippen LogP contribution in [0.5, 0.6) is 0 Å². The Morgan fingerprint density at radius 1 is 1.39 bits per heavy atom. The lowest BCUT2D eigenvalue weighted by Crippen LogP contribution is -2.24. The first-order chi connectivity index (χ1) is 8.32. The number of nitrogens with zero attached hydrogens (tertiary/aromatic N) is 1. The minimum absolute atomic E-state index is 0.0295. The number of aliphatic imine (C=N–C) groups is 1. The van der Waals surface area contributed by atoms with E-state index in [-0.39, 0.29) is 11.7 Å². The van der Waals surface area contributed by atoms with Crippen molar-refractivity contribution in [2.75, 3.05) is 0 Å². The largest absolute Gasteiger partial charge is 0.370 e. The summed E-state index contributed by atoms with van der Waals surface area (Å²) in [5, 5.41) is 0. The summed E-state index contributed by atoms with van der Waals surface area (Å²) in [7, 11) is 0. The number of Topliss-reactive ketones (excluding diaryl/α,β-unsaturated/α-hetero) is 1. The smallest absolute Gasteiger partial charge is 0.276 e. The van der Waals surface area contributed by atoms with E-state index in [9.17, 15) is 9.59 Å². The number of carbonyl (C=O) groups excluding carboxylic acids is 2. The standard InChI is InChI=1S/C13H19N3O2/c1-7(2)6-11-9(8(3)17)4-5-10(11)12(18)16-13(14)15/h4,7H,5-6H2,1-3H3,(H4,14,15,16,18). The lowest BCUT2D eigenvalue weighted by molar-refractivity contribution is -0.114. The van der Waals surface area contributed by atoms with Crippen LogP contribution in [0.15, 0.2) is 27.8 Å². The second kappa shape index (κ2) is 5.62. The number of allylic oxidation sites excluding steroid dienone is 3. The lowest BCUT2D eigenvalue weighted by Gasteiger charge is -2.11. The second-order valence-electron chi connectivity index (χ2n) is 4.78. The maximum atomic E-state index is 11.9. The van der Waals surface area contributed by atoms with Gasteiger partial charge in [0, 0.05) is 11.1 Å². The van der Waals surface area contributed by atoms with Gasteiger partial charge in [-0.1, -0.05) is 19.9 Å². The second-order valence-corrected chi connectivity index (χ2v) is 4.78. The maximum Gasteiger partial charge on any atom is 0.276 e. The fraction of sp³-hybridized carbons (Fsp3) is 0.462. The number of nitrogens with two attached hydrogens (primary N) is 2. The Morgan fingerprint density at radius 3 is 2.44 bits per heavy atom. The topological polar surface area (TPSA) is 98.5 Å². The molecule has 5 heteroatoms. The molecular weight excluding hydrogens is 230 g/mol. The highest BCUT2D eigenvalue weighted by atomic mass is 16.1. The van der Waals surface area contributed by atoms with Crippen molar-refractivity contribution in [3.8, 4) is 0 Å². The van der Waals surface area contributed by atoms with Crippen LogP contribution in [0, 0.1) is 5.92 Å². The van der Waals surface area contributed by atoms with Gasteiger partial charge in [0.2, 0.25) is 0 Å². The van der Waals surface area contributed by atoms with Crippen molar-refractivity contribution >= 4 is 17.6 Å². The average molecular weight is 249 g/mol. The third kappa shape index (κ3) is 3.29. The minimum atomic E-state index is -0.446. The number of guanidine groups is 1. The van der Waals surface area contributed by atoms with Crippen molar-refractivity contribution in [3.05, 3.63) is 22.8 Å². The Hall–Kier alpha value is -1.91.